The van der Waals surface area contributed by atoms with Gasteiger partial charge >= 0.3 is 0 Å². The first kappa shape index (κ1) is 20.9. The zero-order valence-electron chi connectivity index (χ0n) is 16.2. The van der Waals surface area contributed by atoms with Crippen LogP contribution in [0.15, 0.2) is 12.1 Å². The van der Waals surface area contributed by atoms with Crippen molar-refractivity contribution >= 4 is 23.2 Å². The summed E-state index contributed by atoms with van der Waals surface area (Å²) in [6.45, 7) is 7.77. The Morgan fingerprint density at radius 1 is 1.12 bits per heavy atom. The maximum Gasteiger partial charge on any atom is 0.234 e. The van der Waals surface area contributed by atoms with Gasteiger partial charge in [-0.05, 0) is 50.9 Å². The molecule has 2 heterocycles. The number of rotatable bonds is 10. The number of likely N-dealkylation sites (tertiary alicyclic amines) is 1. The molecule has 6 heteroatoms. The molecule has 1 fully saturated rings. The molecule has 146 valence electrons. The summed E-state index contributed by atoms with van der Waals surface area (Å²) in [7, 11) is 0. The molecule has 0 aromatic carbocycles. The Kier molecular flexibility index (Phi) is 9.12. The van der Waals surface area contributed by atoms with Crippen molar-refractivity contribution in [2.75, 3.05) is 26.2 Å². The minimum atomic E-state index is 0.0684. The van der Waals surface area contributed by atoms with E-state index in [0.717, 1.165) is 45.3 Å². The second-order valence-electron chi connectivity index (χ2n) is 7.05. The molecule has 1 aromatic heterocycles. The molecule has 2 N–H and O–H groups in total. The molecule has 0 saturated carbocycles. The first-order valence-electron chi connectivity index (χ1n) is 9.96. The number of nitrogens with zero attached hydrogens (tertiary/aromatic N) is 1. The Morgan fingerprint density at radius 2 is 1.85 bits per heavy atom. The molecule has 5 nitrogen and oxygen atoms in total. The van der Waals surface area contributed by atoms with E-state index in [-0.39, 0.29) is 17.7 Å². The molecule has 0 bridgehead atoms. The zero-order chi connectivity index (χ0) is 18.8. The first-order chi connectivity index (χ1) is 12.6. The van der Waals surface area contributed by atoms with Gasteiger partial charge in [-0.3, -0.25) is 14.5 Å². The molecule has 2 rings (SSSR count). The second-order valence-corrected chi connectivity index (χ2v) is 8.30. The molecule has 0 spiro atoms. The van der Waals surface area contributed by atoms with Crippen LogP contribution in [-0.2, 0) is 22.6 Å². The quantitative estimate of drug-likeness (QED) is 0.615. The number of piperidine rings is 1. The Hall–Kier alpha value is -1.40. The van der Waals surface area contributed by atoms with Crippen molar-refractivity contribution < 1.29 is 9.59 Å². The van der Waals surface area contributed by atoms with Crippen molar-refractivity contribution in [3.05, 3.63) is 21.9 Å². The van der Waals surface area contributed by atoms with Crippen LogP contribution in [0.2, 0.25) is 0 Å². The summed E-state index contributed by atoms with van der Waals surface area (Å²) in [5.74, 6) is 0.364. The highest BCUT2D eigenvalue weighted by molar-refractivity contribution is 7.11. The van der Waals surface area contributed by atoms with Crippen LogP contribution in [0.25, 0.3) is 0 Å². The molecule has 1 saturated heterocycles. The summed E-state index contributed by atoms with van der Waals surface area (Å²) in [6.07, 6.45) is 6.13. The summed E-state index contributed by atoms with van der Waals surface area (Å²) in [6, 6.07) is 4.22. The van der Waals surface area contributed by atoms with Gasteiger partial charge in [-0.2, -0.15) is 0 Å². The van der Waals surface area contributed by atoms with Gasteiger partial charge in [0.15, 0.2) is 0 Å². The maximum absolute atomic E-state index is 12.2. The third-order valence-corrected chi connectivity index (χ3v) is 6.16. The third kappa shape index (κ3) is 7.08. The zero-order valence-corrected chi connectivity index (χ0v) is 17.0. The number of carbonyl (C=O) groups is 2. The number of amides is 2. The second kappa shape index (κ2) is 11.3. The van der Waals surface area contributed by atoms with Crippen molar-refractivity contribution in [2.24, 2.45) is 5.92 Å². The molecule has 0 unspecified atom stereocenters. The molecular weight excluding hydrogens is 346 g/mol. The van der Waals surface area contributed by atoms with Crippen molar-refractivity contribution in [2.45, 2.75) is 58.9 Å². The summed E-state index contributed by atoms with van der Waals surface area (Å²) in [5.41, 5.74) is 0. The van der Waals surface area contributed by atoms with Crippen LogP contribution in [0.3, 0.4) is 0 Å². The van der Waals surface area contributed by atoms with E-state index in [1.165, 1.54) is 22.6 Å². The van der Waals surface area contributed by atoms with E-state index in [2.05, 4.69) is 41.5 Å². The lowest BCUT2D eigenvalue weighted by atomic mass is 9.96. The minimum Gasteiger partial charge on any atom is -0.356 e. The molecular formula is C20H33N3O2S. The van der Waals surface area contributed by atoms with Crippen molar-refractivity contribution in [1.82, 2.24) is 15.5 Å². The number of unbranched alkanes of at least 4 members (excludes halogenated alkanes) is 2. The van der Waals surface area contributed by atoms with Gasteiger partial charge in [0.05, 0.1) is 13.1 Å². The van der Waals surface area contributed by atoms with Gasteiger partial charge in [-0.15, -0.1) is 11.3 Å². The minimum absolute atomic E-state index is 0.0684. The normalized spacial score (nSPS) is 15.8. The molecule has 26 heavy (non-hydrogen) atoms. The number of carbonyl (C=O) groups excluding carboxylic acids is 2. The summed E-state index contributed by atoms with van der Waals surface area (Å²) >= 11 is 1.76. The van der Waals surface area contributed by atoms with Gasteiger partial charge in [0.25, 0.3) is 0 Å². The number of nitrogens with one attached hydrogen (secondary N) is 2. The lowest BCUT2D eigenvalue weighted by Crippen LogP contribution is -2.44. The molecule has 1 aliphatic heterocycles. The number of hydrogen-bond acceptors (Lipinski definition) is 4. The average molecular weight is 380 g/mol. The van der Waals surface area contributed by atoms with E-state index in [4.69, 9.17) is 0 Å². The Morgan fingerprint density at radius 3 is 2.50 bits per heavy atom. The standard InChI is InChI=1S/C20H33N3O2S/c1-3-5-6-11-21-20(25)16-9-12-23(13-10-16)15-19(24)22-14-18-8-7-17(4-2)26-18/h7-8,16H,3-6,9-15H2,1-2H3,(H,21,25)(H,22,24). The smallest absolute Gasteiger partial charge is 0.234 e. The van der Waals surface area contributed by atoms with E-state index in [1.54, 1.807) is 11.3 Å². The largest absolute Gasteiger partial charge is 0.356 e. The van der Waals surface area contributed by atoms with Crippen LogP contribution in [-0.4, -0.2) is 42.9 Å². The topological polar surface area (TPSA) is 61.4 Å². The van der Waals surface area contributed by atoms with E-state index >= 15 is 0 Å². The molecule has 2 amide bonds. The van der Waals surface area contributed by atoms with Crippen LogP contribution >= 0.6 is 11.3 Å². The molecule has 1 aliphatic rings. The van der Waals surface area contributed by atoms with E-state index < -0.39 is 0 Å². The maximum atomic E-state index is 12.2. The lowest BCUT2D eigenvalue weighted by molar-refractivity contribution is -0.126. The Balaban J connectivity index is 1.61. The number of aryl methyl sites for hydroxylation is 1. The summed E-state index contributed by atoms with van der Waals surface area (Å²) in [5, 5.41) is 6.06. The highest BCUT2D eigenvalue weighted by Gasteiger charge is 2.25. The SMILES string of the molecule is CCCCCNC(=O)C1CCN(CC(=O)NCc2ccc(CC)s2)CC1. The van der Waals surface area contributed by atoms with Gasteiger partial charge < -0.3 is 10.6 Å². The van der Waals surface area contributed by atoms with Gasteiger partial charge in [-0.25, -0.2) is 0 Å². The molecule has 0 radical (unpaired) electrons. The highest BCUT2D eigenvalue weighted by atomic mass is 32.1. The van der Waals surface area contributed by atoms with Crippen molar-refractivity contribution in [1.29, 1.82) is 0 Å². The predicted molar refractivity (Wildman–Crippen MR) is 107 cm³/mol. The fraction of sp³-hybridized carbons (Fsp3) is 0.700. The van der Waals surface area contributed by atoms with E-state index in [9.17, 15) is 9.59 Å². The number of thiophene rings is 1. The van der Waals surface area contributed by atoms with Gasteiger partial charge in [0.2, 0.25) is 11.8 Å². The van der Waals surface area contributed by atoms with E-state index in [0.29, 0.717) is 13.1 Å². The predicted octanol–water partition coefficient (Wildman–Crippen LogP) is 2.95. The Labute approximate surface area is 161 Å². The van der Waals surface area contributed by atoms with Crippen molar-refractivity contribution in [3.63, 3.8) is 0 Å². The first-order valence-corrected chi connectivity index (χ1v) is 10.8. The van der Waals surface area contributed by atoms with Gasteiger partial charge in [0, 0.05) is 22.2 Å². The lowest BCUT2D eigenvalue weighted by Gasteiger charge is -2.30. The fourth-order valence-electron chi connectivity index (χ4n) is 3.24. The molecule has 1 aromatic rings. The third-order valence-electron chi connectivity index (χ3n) is 4.93. The fourth-order valence-corrected chi connectivity index (χ4v) is 4.13. The molecule has 0 atom stereocenters. The highest BCUT2D eigenvalue weighted by Crippen LogP contribution is 2.18. The molecule has 0 aliphatic carbocycles. The van der Waals surface area contributed by atoms with Crippen LogP contribution in [0.5, 0.6) is 0 Å². The summed E-state index contributed by atoms with van der Waals surface area (Å²) < 4.78 is 0. The monoisotopic (exact) mass is 379 g/mol. The van der Waals surface area contributed by atoms with Crippen LogP contribution in [0, 0.1) is 5.92 Å². The van der Waals surface area contributed by atoms with Crippen molar-refractivity contribution in [3.8, 4) is 0 Å². The average Bonchev–Trinajstić information content (AvgIpc) is 3.12. The van der Waals surface area contributed by atoms with E-state index in [1.807, 2.05) is 0 Å². The Bertz CT molecular complexity index is 565. The van der Waals surface area contributed by atoms with Crippen LogP contribution in [0.4, 0.5) is 0 Å². The summed E-state index contributed by atoms with van der Waals surface area (Å²) in [4.78, 5) is 29.0. The number of hydrogen-bond donors (Lipinski definition) is 2. The van der Waals surface area contributed by atoms with Gasteiger partial charge in [0.1, 0.15) is 0 Å². The van der Waals surface area contributed by atoms with Gasteiger partial charge in [-0.1, -0.05) is 26.7 Å². The van der Waals surface area contributed by atoms with Crippen LogP contribution in [0.1, 0.15) is 55.7 Å². The van der Waals surface area contributed by atoms with Crippen LogP contribution < -0.4 is 10.6 Å².